The lowest BCUT2D eigenvalue weighted by molar-refractivity contribution is -0.156. The van der Waals surface area contributed by atoms with Crippen LogP contribution in [0.3, 0.4) is 0 Å². The number of aliphatic hydroxyl groups excluding tert-OH is 1. The van der Waals surface area contributed by atoms with Gasteiger partial charge in [-0.2, -0.15) is 0 Å². The summed E-state index contributed by atoms with van der Waals surface area (Å²) in [5.74, 6) is -2.77. The number of rotatable bonds is 11. The van der Waals surface area contributed by atoms with Gasteiger partial charge in [-0.1, -0.05) is 48.9 Å². The van der Waals surface area contributed by atoms with Crippen molar-refractivity contribution in [2.75, 3.05) is 26.3 Å². The normalized spacial score (nSPS) is 31.4. The first kappa shape index (κ1) is 28.9. The summed E-state index contributed by atoms with van der Waals surface area (Å²) in [6.45, 7) is 18.1. The van der Waals surface area contributed by atoms with Crippen LogP contribution in [0, 0.1) is 17.3 Å². The van der Waals surface area contributed by atoms with Gasteiger partial charge in [0.05, 0.1) is 31.2 Å². The Morgan fingerprint density at radius 2 is 1.94 bits per heavy atom. The molecule has 3 rings (SSSR count). The lowest BCUT2D eigenvalue weighted by Gasteiger charge is -2.45. The van der Waals surface area contributed by atoms with Crippen molar-refractivity contribution in [2.24, 2.45) is 17.3 Å². The number of fused-ring (bicyclic) bond motifs is 1. The average molecular weight is 570 g/mol. The summed E-state index contributed by atoms with van der Waals surface area (Å²) in [5.41, 5.74) is -1.77. The molecule has 0 aliphatic carbocycles. The third kappa shape index (κ3) is 5.03. The number of esters is 1. The van der Waals surface area contributed by atoms with E-state index in [-0.39, 0.29) is 41.8 Å². The Balaban J connectivity index is 2.04. The van der Waals surface area contributed by atoms with Crippen molar-refractivity contribution in [2.45, 2.75) is 82.0 Å². The number of ether oxygens (including phenoxy) is 2. The van der Waals surface area contributed by atoms with E-state index in [4.69, 9.17) is 9.47 Å². The molecule has 0 aromatic rings. The van der Waals surface area contributed by atoms with Crippen LogP contribution in [0.5, 0.6) is 0 Å². The van der Waals surface area contributed by atoms with Crippen molar-refractivity contribution in [3.8, 4) is 0 Å². The van der Waals surface area contributed by atoms with Crippen molar-refractivity contribution in [3.05, 3.63) is 25.3 Å². The summed E-state index contributed by atoms with van der Waals surface area (Å²) >= 11 is 3.65. The van der Waals surface area contributed by atoms with Crippen LogP contribution in [-0.2, 0) is 23.9 Å². The van der Waals surface area contributed by atoms with Gasteiger partial charge in [0.15, 0.2) is 0 Å². The summed E-state index contributed by atoms with van der Waals surface area (Å²) in [5, 5.41) is 9.81. The van der Waals surface area contributed by atoms with Gasteiger partial charge >= 0.3 is 5.97 Å². The van der Waals surface area contributed by atoms with E-state index in [0.29, 0.717) is 19.4 Å². The standard InChI is InChI=1S/C27H41BrN2O6/c1-8-10-14-35-24(34)18-19-22(32)29(12-13-31)21(27(19)15-17(28)20(18)36-27)23(33)30(11-9-2)26(6,7)16-25(3,4)5/h8-9,17-21,31H,1-2,10-16H2,3-7H3/t17?,18-,19-,20-,21?,27?/m0/s1. The molecule has 1 spiro atoms. The molecule has 2 bridgehead atoms. The predicted octanol–water partition coefficient (Wildman–Crippen LogP) is 3.08. The Kier molecular flexibility index (Phi) is 8.48. The number of carbonyl (C=O) groups is 3. The molecule has 0 radical (unpaired) electrons. The van der Waals surface area contributed by atoms with Crippen LogP contribution < -0.4 is 0 Å². The monoisotopic (exact) mass is 568 g/mol. The molecule has 8 nitrogen and oxygen atoms in total. The van der Waals surface area contributed by atoms with E-state index in [0.717, 1.165) is 6.42 Å². The number of hydrogen-bond donors (Lipinski definition) is 1. The Morgan fingerprint density at radius 1 is 1.28 bits per heavy atom. The van der Waals surface area contributed by atoms with Gasteiger partial charge in [0.1, 0.15) is 11.6 Å². The summed E-state index contributed by atoms with van der Waals surface area (Å²) in [6, 6.07) is -0.961. The van der Waals surface area contributed by atoms with Crippen molar-refractivity contribution < 1.29 is 29.0 Å². The Labute approximate surface area is 223 Å². The van der Waals surface area contributed by atoms with E-state index in [9.17, 15) is 19.5 Å². The maximum absolute atomic E-state index is 14.4. The molecular weight excluding hydrogens is 528 g/mol. The third-order valence-corrected chi connectivity index (χ3v) is 8.32. The van der Waals surface area contributed by atoms with Crippen LogP contribution in [-0.4, -0.2) is 87.1 Å². The molecule has 3 heterocycles. The number of nitrogens with zero attached hydrogens (tertiary/aromatic N) is 2. The zero-order chi connectivity index (χ0) is 27.1. The molecule has 0 aromatic carbocycles. The molecule has 3 unspecified atom stereocenters. The summed E-state index contributed by atoms with van der Waals surface area (Å²) in [7, 11) is 0. The molecular formula is C27H41BrN2O6. The minimum absolute atomic E-state index is 0.0195. The molecule has 3 aliphatic rings. The molecule has 0 saturated carbocycles. The first-order valence-corrected chi connectivity index (χ1v) is 13.6. The molecule has 0 aromatic heterocycles. The molecule has 1 N–H and O–H groups in total. The van der Waals surface area contributed by atoms with E-state index in [1.54, 1.807) is 17.1 Å². The smallest absolute Gasteiger partial charge is 0.312 e. The number of β-amino-alcohol motifs (C(OH)–C–C–N with tert-alkyl or cyclic N) is 1. The second-order valence-electron chi connectivity index (χ2n) is 12.0. The van der Waals surface area contributed by atoms with E-state index >= 15 is 0 Å². The number of alkyl halides is 1. The molecule has 2 amide bonds. The third-order valence-electron chi connectivity index (χ3n) is 7.47. The molecule has 36 heavy (non-hydrogen) atoms. The molecule has 3 fully saturated rings. The fourth-order valence-corrected chi connectivity index (χ4v) is 7.61. The first-order valence-electron chi connectivity index (χ1n) is 12.7. The highest BCUT2D eigenvalue weighted by molar-refractivity contribution is 9.09. The second-order valence-corrected chi connectivity index (χ2v) is 13.1. The van der Waals surface area contributed by atoms with Crippen LogP contribution in [0.1, 0.15) is 53.9 Å². The number of carbonyl (C=O) groups excluding carboxylic acids is 3. The van der Waals surface area contributed by atoms with Gasteiger partial charge in [-0.25, -0.2) is 0 Å². The number of aliphatic hydroxyl groups is 1. The minimum atomic E-state index is -1.18. The highest BCUT2D eigenvalue weighted by atomic mass is 79.9. The highest BCUT2D eigenvalue weighted by Crippen LogP contribution is 2.60. The Morgan fingerprint density at radius 3 is 2.50 bits per heavy atom. The van der Waals surface area contributed by atoms with Gasteiger partial charge in [0.2, 0.25) is 11.8 Å². The first-order chi connectivity index (χ1) is 16.8. The van der Waals surface area contributed by atoms with Gasteiger partial charge < -0.3 is 24.4 Å². The zero-order valence-corrected chi connectivity index (χ0v) is 23.8. The quantitative estimate of drug-likeness (QED) is 0.178. The van der Waals surface area contributed by atoms with Crippen molar-refractivity contribution >= 4 is 33.7 Å². The summed E-state index contributed by atoms with van der Waals surface area (Å²) < 4.78 is 11.9. The zero-order valence-electron chi connectivity index (χ0n) is 22.2. The molecule has 3 aliphatic heterocycles. The predicted molar refractivity (Wildman–Crippen MR) is 140 cm³/mol. The van der Waals surface area contributed by atoms with Gasteiger partial charge in [0, 0.05) is 23.5 Å². The van der Waals surface area contributed by atoms with Crippen molar-refractivity contribution in [1.82, 2.24) is 9.80 Å². The van der Waals surface area contributed by atoms with Gasteiger partial charge in [0.25, 0.3) is 0 Å². The second kappa shape index (κ2) is 10.6. The highest BCUT2D eigenvalue weighted by Gasteiger charge is 2.77. The minimum Gasteiger partial charge on any atom is -0.465 e. The van der Waals surface area contributed by atoms with E-state index in [2.05, 4.69) is 49.9 Å². The summed E-state index contributed by atoms with van der Waals surface area (Å²) in [4.78, 5) is 44.3. The molecule has 9 heteroatoms. The number of halogens is 1. The van der Waals surface area contributed by atoms with Crippen LogP contribution in [0.15, 0.2) is 25.3 Å². The van der Waals surface area contributed by atoms with E-state index < -0.39 is 41.1 Å². The average Bonchev–Trinajstić information content (AvgIpc) is 3.34. The van der Waals surface area contributed by atoms with Gasteiger partial charge in [-0.05, 0) is 38.5 Å². The number of hydrogen-bond acceptors (Lipinski definition) is 6. The van der Waals surface area contributed by atoms with Crippen molar-refractivity contribution in [3.63, 3.8) is 0 Å². The molecule has 3 saturated heterocycles. The van der Waals surface area contributed by atoms with Crippen LogP contribution >= 0.6 is 15.9 Å². The SMILES string of the molecule is C=CCCOC(=O)[C@H]1[C@H]2C(=O)N(CCO)C(C(=O)N(CC=C)C(C)(C)CC(C)(C)C)C23CC(Br)[C@@H]1O3. The Hall–Kier alpha value is -1.71. The largest absolute Gasteiger partial charge is 0.465 e. The molecule has 6 atom stereocenters. The number of likely N-dealkylation sites (tertiary alicyclic amines) is 1. The maximum Gasteiger partial charge on any atom is 0.312 e. The summed E-state index contributed by atoms with van der Waals surface area (Å²) in [6.07, 6.45) is 4.40. The van der Waals surface area contributed by atoms with Crippen LogP contribution in [0.4, 0.5) is 0 Å². The number of amides is 2. The Bertz CT molecular complexity index is 899. The topological polar surface area (TPSA) is 96.4 Å². The lowest BCUT2D eigenvalue weighted by Crippen LogP contribution is -2.61. The van der Waals surface area contributed by atoms with E-state index in [1.165, 1.54) is 4.90 Å². The van der Waals surface area contributed by atoms with Crippen LogP contribution in [0.25, 0.3) is 0 Å². The van der Waals surface area contributed by atoms with Crippen molar-refractivity contribution in [1.29, 1.82) is 0 Å². The maximum atomic E-state index is 14.4. The van der Waals surface area contributed by atoms with Gasteiger partial charge in [-0.15, -0.1) is 13.2 Å². The fraction of sp³-hybridized carbons (Fsp3) is 0.741. The van der Waals surface area contributed by atoms with Crippen LogP contribution in [0.2, 0.25) is 0 Å². The van der Waals surface area contributed by atoms with E-state index in [1.807, 2.05) is 13.8 Å². The fourth-order valence-electron chi connectivity index (χ4n) is 6.67. The lowest BCUT2D eigenvalue weighted by atomic mass is 9.70. The van der Waals surface area contributed by atoms with Gasteiger partial charge in [-0.3, -0.25) is 14.4 Å². The molecule has 202 valence electrons.